The molecule has 1 heterocycles. The summed E-state index contributed by atoms with van der Waals surface area (Å²) in [6.07, 6.45) is 1.51. The molecule has 1 saturated heterocycles. The summed E-state index contributed by atoms with van der Waals surface area (Å²) in [5, 5.41) is 2.88. The molecule has 0 saturated carbocycles. The van der Waals surface area contributed by atoms with Gasteiger partial charge in [0.1, 0.15) is 5.82 Å². The second kappa shape index (κ2) is 8.35. The second-order valence-corrected chi connectivity index (χ2v) is 8.29. The Labute approximate surface area is 161 Å². The smallest absolute Gasteiger partial charge is 0.255 e. The number of carbonyl (C=O) groups is 1. The van der Waals surface area contributed by atoms with Crippen molar-refractivity contribution in [2.45, 2.75) is 23.8 Å². The summed E-state index contributed by atoms with van der Waals surface area (Å²) in [5.41, 5.74) is 0.182. The zero-order chi connectivity index (χ0) is 19.4. The number of amides is 1. The third kappa shape index (κ3) is 5.04. The van der Waals surface area contributed by atoms with Crippen LogP contribution in [0.1, 0.15) is 23.2 Å². The minimum Gasteiger partial charge on any atom is -0.377 e. The Morgan fingerprint density at radius 1 is 1.22 bits per heavy atom. The van der Waals surface area contributed by atoms with E-state index in [1.54, 1.807) is 12.1 Å². The molecule has 9 heteroatoms. The van der Waals surface area contributed by atoms with Gasteiger partial charge in [0.15, 0.2) is 0 Å². The molecule has 2 aromatic carbocycles. The number of nitrogens with one attached hydrogen (secondary N) is 2. The lowest BCUT2D eigenvalue weighted by molar-refractivity contribution is 0.102. The molecule has 3 rings (SSSR count). The van der Waals surface area contributed by atoms with Gasteiger partial charge in [-0.1, -0.05) is 11.6 Å². The van der Waals surface area contributed by atoms with Gasteiger partial charge in [-0.3, -0.25) is 4.79 Å². The highest BCUT2D eigenvalue weighted by molar-refractivity contribution is 7.89. The monoisotopic (exact) mass is 412 g/mol. The van der Waals surface area contributed by atoms with Crippen LogP contribution in [-0.4, -0.2) is 33.6 Å². The summed E-state index contributed by atoms with van der Waals surface area (Å²) in [5.74, 6) is -1.38. The van der Waals surface area contributed by atoms with Crippen LogP contribution in [0.25, 0.3) is 0 Å². The van der Waals surface area contributed by atoms with E-state index in [9.17, 15) is 17.6 Å². The summed E-state index contributed by atoms with van der Waals surface area (Å²) in [6, 6.07) is 9.41. The van der Waals surface area contributed by atoms with E-state index >= 15 is 0 Å². The van der Waals surface area contributed by atoms with E-state index in [4.69, 9.17) is 16.3 Å². The summed E-state index contributed by atoms with van der Waals surface area (Å²) in [4.78, 5) is 11.9. The van der Waals surface area contributed by atoms with Crippen LogP contribution in [0.15, 0.2) is 47.4 Å². The van der Waals surface area contributed by atoms with Crippen LogP contribution >= 0.6 is 11.6 Å². The molecule has 1 fully saturated rings. The SMILES string of the molecule is O=C(Nc1ccc(S(=O)(=O)NC[C@@H]2CCCO2)cc1F)c1ccc(Cl)cc1. The topological polar surface area (TPSA) is 84.5 Å². The van der Waals surface area contributed by atoms with Crippen molar-refractivity contribution in [1.29, 1.82) is 0 Å². The molecule has 1 atom stereocenters. The summed E-state index contributed by atoms with van der Waals surface area (Å²) in [6.45, 7) is 0.752. The van der Waals surface area contributed by atoms with E-state index in [2.05, 4.69) is 10.0 Å². The maximum Gasteiger partial charge on any atom is 0.255 e. The van der Waals surface area contributed by atoms with Gasteiger partial charge in [0.25, 0.3) is 5.91 Å². The van der Waals surface area contributed by atoms with Crippen LogP contribution in [0.2, 0.25) is 5.02 Å². The van der Waals surface area contributed by atoms with E-state index < -0.39 is 21.7 Å². The van der Waals surface area contributed by atoms with Crippen LogP contribution in [0.4, 0.5) is 10.1 Å². The van der Waals surface area contributed by atoms with Gasteiger partial charge in [-0.05, 0) is 55.3 Å². The molecule has 2 N–H and O–H groups in total. The van der Waals surface area contributed by atoms with E-state index in [0.717, 1.165) is 18.9 Å². The summed E-state index contributed by atoms with van der Waals surface area (Å²) < 4.78 is 46.7. The molecular formula is C18H18ClFN2O4S. The van der Waals surface area contributed by atoms with Crippen molar-refractivity contribution in [3.63, 3.8) is 0 Å². The molecule has 0 spiro atoms. The normalized spacial score (nSPS) is 17.0. The highest BCUT2D eigenvalue weighted by atomic mass is 35.5. The Balaban J connectivity index is 1.69. The Morgan fingerprint density at radius 2 is 1.96 bits per heavy atom. The van der Waals surface area contributed by atoms with Crippen molar-refractivity contribution in [2.75, 3.05) is 18.5 Å². The largest absolute Gasteiger partial charge is 0.377 e. The molecule has 144 valence electrons. The maximum absolute atomic E-state index is 14.3. The van der Waals surface area contributed by atoms with Gasteiger partial charge < -0.3 is 10.1 Å². The van der Waals surface area contributed by atoms with Crippen molar-refractivity contribution in [3.8, 4) is 0 Å². The average molecular weight is 413 g/mol. The summed E-state index contributed by atoms with van der Waals surface area (Å²) in [7, 11) is -3.87. The van der Waals surface area contributed by atoms with Crippen LogP contribution in [0.3, 0.4) is 0 Å². The van der Waals surface area contributed by atoms with Crippen molar-refractivity contribution >= 4 is 33.2 Å². The molecule has 1 amide bonds. The third-order valence-corrected chi connectivity index (χ3v) is 5.80. The quantitative estimate of drug-likeness (QED) is 0.763. The van der Waals surface area contributed by atoms with Crippen molar-refractivity contribution in [1.82, 2.24) is 4.72 Å². The fraction of sp³-hybridized carbons (Fsp3) is 0.278. The first kappa shape index (κ1) is 19.8. The minimum atomic E-state index is -3.87. The molecular weight excluding hydrogens is 395 g/mol. The predicted octanol–water partition coefficient (Wildman–Crippen LogP) is 3.19. The molecule has 1 aliphatic heterocycles. The maximum atomic E-state index is 14.3. The van der Waals surface area contributed by atoms with Gasteiger partial charge in [-0.2, -0.15) is 0 Å². The van der Waals surface area contributed by atoms with Gasteiger partial charge in [-0.25, -0.2) is 17.5 Å². The Bertz CT molecular complexity index is 929. The van der Waals surface area contributed by atoms with Gasteiger partial charge in [0, 0.05) is 23.7 Å². The average Bonchev–Trinajstić information content (AvgIpc) is 3.16. The molecule has 1 aliphatic rings. The number of hydrogen-bond donors (Lipinski definition) is 2. The molecule has 0 unspecified atom stereocenters. The number of halogens is 2. The third-order valence-electron chi connectivity index (χ3n) is 4.13. The zero-order valence-corrected chi connectivity index (χ0v) is 15.8. The number of hydrogen-bond acceptors (Lipinski definition) is 4. The van der Waals surface area contributed by atoms with Gasteiger partial charge in [0.2, 0.25) is 10.0 Å². The molecule has 2 aromatic rings. The van der Waals surface area contributed by atoms with E-state index in [1.807, 2.05) is 0 Å². The molecule has 6 nitrogen and oxygen atoms in total. The predicted molar refractivity (Wildman–Crippen MR) is 100.0 cm³/mol. The highest BCUT2D eigenvalue weighted by Crippen LogP contribution is 2.21. The Hall–Kier alpha value is -2.00. The van der Waals surface area contributed by atoms with Gasteiger partial charge >= 0.3 is 0 Å². The number of ether oxygens (including phenoxy) is 1. The first-order valence-electron chi connectivity index (χ1n) is 8.33. The number of rotatable bonds is 6. The lowest BCUT2D eigenvalue weighted by Gasteiger charge is -2.12. The number of sulfonamides is 1. The number of benzene rings is 2. The van der Waals surface area contributed by atoms with E-state index in [-0.39, 0.29) is 23.2 Å². The van der Waals surface area contributed by atoms with Crippen LogP contribution in [0, 0.1) is 5.82 Å². The lowest BCUT2D eigenvalue weighted by Crippen LogP contribution is -2.31. The first-order chi connectivity index (χ1) is 12.8. The van der Waals surface area contributed by atoms with Crippen molar-refractivity contribution in [2.24, 2.45) is 0 Å². The minimum absolute atomic E-state index is 0.118. The molecule has 0 radical (unpaired) electrons. The summed E-state index contributed by atoms with van der Waals surface area (Å²) >= 11 is 5.77. The molecule has 27 heavy (non-hydrogen) atoms. The molecule has 0 aromatic heterocycles. The van der Waals surface area contributed by atoms with Crippen LogP contribution < -0.4 is 10.0 Å². The van der Waals surface area contributed by atoms with Crippen molar-refractivity contribution in [3.05, 3.63) is 58.9 Å². The zero-order valence-electron chi connectivity index (χ0n) is 14.2. The van der Waals surface area contributed by atoms with Crippen molar-refractivity contribution < 1.29 is 22.3 Å². The second-order valence-electron chi connectivity index (χ2n) is 6.09. The fourth-order valence-corrected chi connectivity index (χ4v) is 3.86. The standard InChI is InChI=1S/C18H18ClFN2O4S/c19-13-5-3-12(4-6-13)18(23)22-17-8-7-15(10-16(17)20)27(24,25)21-11-14-2-1-9-26-14/h3-8,10,14,21H,1-2,9,11H2,(H,22,23)/t14-/m0/s1. The van der Waals surface area contributed by atoms with Gasteiger partial charge in [0.05, 0.1) is 16.7 Å². The van der Waals surface area contributed by atoms with E-state index in [1.165, 1.54) is 24.3 Å². The molecule has 0 bridgehead atoms. The highest BCUT2D eigenvalue weighted by Gasteiger charge is 2.21. The van der Waals surface area contributed by atoms with Gasteiger partial charge in [-0.15, -0.1) is 0 Å². The Kier molecular flexibility index (Phi) is 6.11. The fourth-order valence-electron chi connectivity index (χ4n) is 2.65. The number of carbonyl (C=O) groups excluding carboxylic acids is 1. The van der Waals surface area contributed by atoms with Crippen LogP contribution in [-0.2, 0) is 14.8 Å². The van der Waals surface area contributed by atoms with E-state index in [0.29, 0.717) is 17.2 Å². The lowest BCUT2D eigenvalue weighted by atomic mass is 10.2. The Morgan fingerprint density at radius 3 is 2.59 bits per heavy atom. The van der Waals surface area contributed by atoms with Crippen LogP contribution in [0.5, 0.6) is 0 Å². The molecule has 0 aliphatic carbocycles. The number of anilines is 1. The first-order valence-corrected chi connectivity index (χ1v) is 10.2.